The molecule has 78 heavy (non-hydrogen) atoms. The summed E-state index contributed by atoms with van der Waals surface area (Å²) in [4.78, 5) is 104. The third-order valence-corrected chi connectivity index (χ3v) is 13.8. The third kappa shape index (κ3) is 15.5. The molecule has 4 fully saturated rings. The molecule has 0 radical (unpaired) electrons. The molecule has 0 bridgehead atoms. The second-order valence-electron chi connectivity index (χ2n) is 20.5. The van der Waals surface area contributed by atoms with E-state index in [1.54, 1.807) is 68.4 Å². The lowest BCUT2D eigenvalue weighted by Gasteiger charge is -2.28. The number of likely N-dealkylation sites (tertiary alicyclic amines) is 2. The Morgan fingerprint density at radius 3 is 1.32 bits per heavy atom. The maximum Gasteiger partial charge on any atom is 0.415 e. The van der Waals surface area contributed by atoms with Crippen LogP contribution in [0.1, 0.15) is 111 Å². The molecule has 6 heterocycles. The number of carboxylic acids is 1. The van der Waals surface area contributed by atoms with Crippen molar-refractivity contribution in [1.29, 1.82) is 0 Å². The zero-order chi connectivity index (χ0) is 55.9. The molecule has 4 aliphatic heterocycles. The van der Waals surface area contributed by atoms with Crippen LogP contribution >= 0.6 is 0 Å². The molecule has 420 valence electrons. The Kier molecular flexibility index (Phi) is 20.1. The maximum atomic E-state index is 13.5. The van der Waals surface area contributed by atoms with Crippen LogP contribution in [0.15, 0.2) is 60.9 Å². The first kappa shape index (κ1) is 57.9. The van der Waals surface area contributed by atoms with Crippen molar-refractivity contribution in [1.82, 2.24) is 29.7 Å². The van der Waals surface area contributed by atoms with Crippen molar-refractivity contribution in [2.24, 2.45) is 0 Å². The molecule has 8 rings (SSSR count). The number of rotatable bonds is 20. The lowest BCUT2D eigenvalue weighted by molar-refractivity contribution is -0.155. The van der Waals surface area contributed by atoms with Gasteiger partial charge in [-0.15, -0.1) is 0 Å². The number of benzene rings is 2. The number of hydrogen-bond donors (Lipinski definition) is 3. The van der Waals surface area contributed by atoms with Gasteiger partial charge in [-0.25, -0.2) is 29.1 Å². The lowest BCUT2D eigenvalue weighted by atomic mass is 10.0. The average Bonchev–Trinajstić information content (AvgIpc) is 4.30. The van der Waals surface area contributed by atoms with E-state index >= 15 is 0 Å². The standard InChI is InChI=1S/C30H42N6O5.C26H34N6O5/c1-6-34(7-2)28-31-20-24(36-18-10-11-25(36)37)26(33-28)32-23(27(38)41-30(3,4)5)19-21-12-14-22(15-13-21)40-29(39)35-16-8-9-17-35;1-3-30(4-2)25-27-17-21(32-15-7-8-22(32)33)23(29-25)28-20(24(34)35)16-18-9-11-19(12-10-18)37-26(36)31-13-5-6-14-31/h12-15,20,23H,6-11,16-19H2,1-5H3,(H,31,32,33);9-12,17,20H,3-8,13-16H2,1-2H3,(H,34,35)(H,27,28,29)/t23-;20-/m00/s1. The predicted molar refractivity (Wildman–Crippen MR) is 297 cm³/mol. The zero-order valence-corrected chi connectivity index (χ0v) is 46.2. The summed E-state index contributed by atoms with van der Waals surface area (Å²) in [5.41, 5.74) is 1.91. The largest absolute Gasteiger partial charge is 0.480 e. The van der Waals surface area contributed by atoms with E-state index in [-0.39, 0.29) is 36.8 Å². The first-order chi connectivity index (χ1) is 37.5. The molecule has 4 aliphatic rings. The normalized spacial score (nSPS) is 16.1. The van der Waals surface area contributed by atoms with Crippen molar-refractivity contribution in [3.63, 3.8) is 0 Å². The summed E-state index contributed by atoms with van der Waals surface area (Å²) in [5.74, 6) is 1.04. The first-order valence-electron chi connectivity index (χ1n) is 27.4. The third-order valence-electron chi connectivity index (χ3n) is 13.8. The molecule has 4 saturated heterocycles. The van der Waals surface area contributed by atoms with Gasteiger partial charge in [0.25, 0.3) is 0 Å². The van der Waals surface area contributed by atoms with Gasteiger partial charge in [-0.05, 0) is 122 Å². The van der Waals surface area contributed by atoms with E-state index in [2.05, 4.69) is 25.6 Å². The van der Waals surface area contributed by atoms with Crippen molar-refractivity contribution in [3.8, 4) is 11.5 Å². The number of nitrogens with one attached hydrogen (secondary N) is 2. The molecule has 2 atom stereocenters. The molecule has 4 amide bonds. The Morgan fingerprint density at radius 2 is 0.974 bits per heavy atom. The number of hydrogen-bond acceptors (Lipinski definition) is 17. The smallest absolute Gasteiger partial charge is 0.415 e. The van der Waals surface area contributed by atoms with Crippen LogP contribution in [0, 0.1) is 0 Å². The van der Waals surface area contributed by atoms with E-state index < -0.39 is 29.6 Å². The molecule has 22 heteroatoms. The minimum absolute atomic E-state index is 0.000114. The van der Waals surface area contributed by atoms with Gasteiger partial charge in [0.2, 0.25) is 23.7 Å². The maximum absolute atomic E-state index is 13.5. The molecule has 22 nitrogen and oxygen atoms in total. The highest BCUT2D eigenvalue weighted by Gasteiger charge is 2.32. The van der Waals surface area contributed by atoms with Gasteiger partial charge >= 0.3 is 24.1 Å². The van der Waals surface area contributed by atoms with Crippen molar-refractivity contribution in [2.75, 3.05) is 95.7 Å². The van der Waals surface area contributed by atoms with Crippen LogP contribution in [0.4, 0.5) is 44.5 Å². The fourth-order valence-corrected chi connectivity index (χ4v) is 9.55. The number of ether oxygens (including phenoxy) is 3. The summed E-state index contributed by atoms with van der Waals surface area (Å²) in [5, 5.41) is 16.4. The number of aromatic nitrogens is 4. The Morgan fingerprint density at radius 1 is 0.590 bits per heavy atom. The van der Waals surface area contributed by atoms with Gasteiger partial charge in [0.1, 0.15) is 40.6 Å². The van der Waals surface area contributed by atoms with Crippen molar-refractivity contribution in [2.45, 2.75) is 130 Å². The fourth-order valence-electron chi connectivity index (χ4n) is 9.55. The van der Waals surface area contributed by atoms with E-state index in [1.807, 2.05) is 70.4 Å². The molecule has 0 saturated carbocycles. The number of nitrogens with zero attached hydrogens (tertiary/aromatic N) is 10. The van der Waals surface area contributed by atoms with Gasteiger partial charge in [-0.1, -0.05) is 24.3 Å². The van der Waals surface area contributed by atoms with Crippen molar-refractivity contribution >= 4 is 70.8 Å². The fraction of sp³-hybridized carbons (Fsp3) is 0.536. The monoisotopic (exact) mass is 1080 g/mol. The molecule has 0 aliphatic carbocycles. The molecular weight excluding hydrogens is 1000 g/mol. The summed E-state index contributed by atoms with van der Waals surface area (Å²) in [7, 11) is 0. The van der Waals surface area contributed by atoms with E-state index in [1.165, 1.54) is 0 Å². The second kappa shape index (κ2) is 27.0. The number of anilines is 6. The van der Waals surface area contributed by atoms with Crippen molar-refractivity contribution in [3.05, 3.63) is 72.1 Å². The Labute approximate surface area is 456 Å². The van der Waals surface area contributed by atoms with Gasteiger partial charge in [0.05, 0.1) is 12.4 Å². The SMILES string of the molecule is CCN(CC)c1ncc(N2CCCC2=O)c(N[C@@H](Cc2ccc(OC(=O)N3CCCC3)cc2)C(=O)O)n1.CCN(CC)c1ncc(N2CCCC2=O)c(N[C@@H](Cc2ccc(OC(=O)N3CCCC3)cc2)C(=O)OC(C)(C)C)n1. The van der Waals surface area contributed by atoms with Crippen LogP contribution in [0.5, 0.6) is 11.5 Å². The number of carbonyl (C=O) groups is 6. The minimum Gasteiger partial charge on any atom is -0.480 e. The highest BCUT2D eigenvalue weighted by Crippen LogP contribution is 2.33. The van der Waals surface area contributed by atoms with Crippen LogP contribution < -0.4 is 39.7 Å². The average molecular weight is 1080 g/mol. The topological polar surface area (TPSA) is 245 Å². The number of carbonyl (C=O) groups excluding carboxylic acids is 5. The van der Waals surface area contributed by atoms with E-state index in [4.69, 9.17) is 19.2 Å². The van der Waals surface area contributed by atoms with E-state index in [0.29, 0.717) is 125 Å². The van der Waals surface area contributed by atoms with Crippen LogP contribution in [0.2, 0.25) is 0 Å². The molecular formula is C56H76N12O10. The molecule has 0 unspecified atom stereocenters. The first-order valence-corrected chi connectivity index (χ1v) is 27.4. The second-order valence-corrected chi connectivity index (χ2v) is 20.5. The predicted octanol–water partition coefficient (Wildman–Crippen LogP) is 7.56. The Bertz CT molecular complexity index is 2700. The highest BCUT2D eigenvalue weighted by atomic mass is 16.6. The lowest BCUT2D eigenvalue weighted by Crippen LogP contribution is -2.39. The number of carboxylic acid groups (broad SMARTS) is 1. The molecule has 0 spiro atoms. The number of esters is 1. The molecule has 4 aromatic rings. The summed E-state index contributed by atoms with van der Waals surface area (Å²) in [6.45, 7) is 20.2. The minimum atomic E-state index is -1.05. The van der Waals surface area contributed by atoms with Crippen LogP contribution in [0.3, 0.4) is 0 Å². The quantitative estimate of drug-likeness (QED) is 0.0723. The molecule has 2 aromatic carbocycles. The van der Waals surface area contributed by atoms with Gasteiger partial charge < -0.3 is 59.4 Å². The van der Waals surface area contributed by atoms with Crippen LogP contribution in [0.25, 0.3) is 0 Å². The van der Waals surface area contributed by atoms with Gasteiger partial charge in [0.15, 0.2) is 11.6 Å². The van der Waals surface area contributed by atoms with Gasteiger partial charge in [-0.2, -0.15) is 9.97 Å². The summed E-state index contributed by atoms with van der Waals surface area (Å²) in [6, 6.07) is 12.1. The summed E-state index contributed by atoms with van der Waals surface area (Å²) < 4.78 is 16.7. The van der Waals surface area contributed by atoms with Gasteiger partial charge in [-0.3, -0.25) is 9.59 Å². The summed E-state index contributed by atoms with van der Waals surface area (Å²) in [6.07, 6.45) is 9.29. The summed E-state index contributed by atoms with van der Waals surface area (Å²) >= 11 is 0. The molecule has 2 aromatic heterocycles. The highest BCUT2D eigenvalue weighted by molar-refractivity contribution is 5.99. The van der Waals surface area contributed by atoms with Crippen molar-refractivity contribution < 1.29 is 48.1 Å². The van der Waals surface area contributed by atoms with Crippen LogP contribution in [-0.4, -0.2) is 154 Å². The van der Waals surface area contributed by atoms with E-state index in [0.717, 1.165) is 49.7 Å². The van der Waals surface area contributed by atoms with Gasteiger partial charge in [0, 0.05) is 91.1 Å². The van der Waals surface area contributed by atoms with Crippen LogP contribution in [-0.2, 0) is 36.8 Å². The Balaban J connectivity index is 0.000000227. The Hall–Kier alpha value is -7.78. The molecule has 3 N–H and O–H groups in total. The zero-order valence-electron chi connectivity index (χ0n) is 46.2. The number of aliphatic carboxylic acids is 1. The number of amides is 4. The van der Waals surface area contributed by atoms with E-state index in [9.17, 15) is 33.9 Å².